The maximum absolute atomic E-state index is 12.4. The van der Waals surface area contributed by atoms with Crippen LogP contribution in [0.5, 0.6) is 0 Å². The molecule has 0 saturated heterocycles. The van der Waals surface area contributed by atoms with E-state index in [0.717, 1.165) is 16.7 Å². The zero-order valence-corrected chi connectivity index (χ0v) is 15.3. The van der Waals surface area contributed by atoms with Crippen LogP contribution in [0, 0.1) is 5.92 Å². The number of hydrogen-bond acceptors (Lipinski definition) is 4. The van der Waals surface area contributed by atoms with E-state index in [0.29, 0.717) is 25.1 Å². The third kappa shape index (κ3) is 3.42. The standard InChI is InChI=1S/C19H22N6O2/c1-12(2)24-10-14(21-11-24)8-20-17(26)7-13-9-25-16-6-4-3-5-15(16)22-19(25)23-18(13)27/h3-6,10-13H,7-9H2,1-2H3,(H,20,26)(H,22,23,27). The summed E-state index contributed by atoms with van der Waals surface area (Å²) in [5.74, 6) is -0.223. The number of benzene rings is 1. The second-order valence-corrected chi connectivity index (χ2v) is 7.11. The van der Waals surface area contributed by atoms with Crippen molar-refractivity contribution >= 4 is 28.8 Å². The number of hydrogen-bond donors (Lipinski definition) is 2. The molecule has 1 aliphatic rings. The van der Waals surface area contributed by atoms with Crippen molar-refractivity contribution in [1.29, 1.82) is 0 Å². The SMILES string of the molecule is CC(C)n1cnc(CNC(=O)CC2Cn3c(nc4ccccc43)NC2=O)c1. The van der Waals surface area contributed by atoms with E-state index >= 15 is 0 Å². The van der Waals surface area contributed by atoms with Gasteiger partial charge in [-0.05, 0) is 26.0 Å². The minimum atomic E-state index is -0.427. The Kier molecular flexibility index (Phi) is 4.39. The average Bonchev–Trinajstić information content (AvgIpc) is 3.25. The second-order valence-electron chi connectivity index (χ2n) is 7.11. The van der Waals surface area contributed by atoms with Gasteiger partial charge >= 0.3 is 0 Å². The third-order valence-corrected chi connectivity index (χ3v) is 4.81. The fourth-order valence-electron chi connectivity index (χ4n) is 3.27. The lowest BCUT2D eigenvalue weighted by Crippen LogP contribution is -2.37. The van der Waals surface area contributed by atoms with Crippen molar-refractivity contribution in [3.05, 3.63) is 42.5 Å². The van der Waals surface area contributed by atoms with Gasteiger partial charge in [-0.15, -0.1) is 0 Å². The first-order valence-corrected chi connectivity index (χ1v) is 9.06. The summed E-state index contributed by atoms with van der Waals surface area (Å²) >= 11 is 0. The van der Waals surface area contributed by atoms with E-state index in [-0.39, 0.29) is 18.2 Å². The zero-order chi connectivity index (χ0) is 19.0. The Balaban J connectivity index is 1.40. The van der Waals surface area contributed by atoms with E-state index in [4.69, 9.17) is 0 Å². The van der Waals surface area contributed by atoms with E-state index in [1.807, 2.05) is 39.6 Å². The topological polar surface area (TPSA) is 93.8 Å². The zero-order valence-electron chi connectivity index (χ0n) is 15.3. The Labute approximate surface area is 156 Å². The highest BCUT2D eigenvalue weighted by atomic mass is 16.2. The number of amides is 2. The molecule has 0 saturated carbocycles. The van der Waals surface area contributed by atoms with E-state index in [1.165, 1.54) is 0 Å². The van der Waals surface area contributed by atoms with Crippen molar-refractivity contribution in [2.45, 2.75) is 39.4 Å². The van der Waals surface area contributed by atoms with Crippen molar-refractivity contribution in [2.24, 2.45) is 5.92 Å². The quantitative estimate of drug-likeness (QED) is 0.723. The van der Waals surface area contributed by atoms with Crippen molar-refractivity contribution in [2.75, 3.05) is 5.32 Å². The molecule has 140 valence electrons. The highest BCUT2D eigenvalue weighted by molar-refractivity contribution is 5.97. The summed E-state index contributed by atoms with van der Waals surface area (Å²) in [6, 6.07) is 8.04. The molecule has 1 aliphatic heterocycles. The predicted molar refractivity (Wildman–Crippen MR) is 101 cm³/mol. The van der Waals surface area contributed by atoms with Crippen LogP contribution in [0.1, 0.15) is 32.0 Å². The van der Waals surface area contributed by atoms with Gasteiger partial charge in [0.15, 0.2) is 0 Å². The number of para-hydroxylation sites is 2. The van der Waals surface area contributed by atoms with Crippen LogP contribution in [0.4, 0.5) is 5.95 Å². The lowest BCUT2D eigenvalue weighted by Gasteiger charge is -2.23. The molecular weight excluding hydrogens is 344 g/mol. The summed E-state index contributed by atoms with van der Waals surface area (Å²) < 4.78 is 3.95. The molecule has 0 aliphatic carbocycles. The number of rotatable bonds is 5. The number of aromatic nitrogens is 4. The molecule has 27 heavy (non-hydrogen) atoms. The van der Waals surface area contributed by atoms with Crippen molar-refractivity contribution in [3.63, 3.8) is 0 Å². The van der Waals surface area contributed by atoms with Crippen LogP contribution >= 0.6 is 0 Å². The molecule has 2 amide bonds. The number of fused-ring (bicyclic) bond motifs is 3. The lowest BCUT2D eigenvalue weighted by atomic mass is 10.0. The molecule has 0 fully saturated rings. The van der Waals surface area contributed by atoms with Crippen molar-refractivity contribution in [1.82, 2.24) is 24.4 Å². The van der Waals surface area contributed by atoms with Crippen molar-refractivity contribution in [3.8, 4) is 0 Å². The Morgan fingerprint density at radius 2 is 2.19 bits per heavy atom. The van der Waals surface area contributed by atoms with Gasteiger partial charge in [0.1, 0.15) is 0 Å². The molecule has 8 heteroatoms. The van der Waals surface area contributed by atoms with Crippen LogP contribution in [0.2, 0.25) is 0 Å². The molecule has 4 rings (SSSR count). The van der Waals surface area contributed by atoms with E-state index in [1.54, 1.807) is 6.33 Å². The van der Waals surface area contributed by atoms with Gasteiger partial charge in [0.2, 0.25) is 17.8 Å². The molecule has 2 aromatic heterocycles. The summed E-state index contributed by atoms with van der Waals surface area (Å²) in [4.78, 5) is 33.4. The number of anilines is 1. The normalized spacial score (nSPS) is 16.4. The Morgan fingerprint density at radius 1 is 1.37 bits per heavy atom. The molecule has 1 aromatic carbocycles. The van der Waals surface area contributed by atoms with Gasteiger partial charge in [-0.1, -0.05) is 12.1 Å². The van der Waals surface area contributed by atoms with Gasteiger partial charge in [0.25, 0.3) is 0 Å². The average molecular weight is 366 g/mol. The molecule has 0 bridgehead atoms. The van der Waals surface area contributed by atoms with Gasteiger partial charge in [-0.2, -0.15) is 0 Å². The molecule has 0 spiro atoms. The van der Waals surface area contributed by atoms with E-state index in [2.05, 4.69) is 34.4 Å². The van der Waals surface area contributed by atoms with Gasteiger partial charge in [-0.3, -0.25) is 14.9 Å². The number of carbonyl (C=O) groups excluding carboxylic acids is 2. The first-order chi connectivity index (χ1) is 13.0. The summed E-state index contributed by atoms with van der Waals surface area (Å²) in [6.45, 7) is 4.93. The predicted octanol–water partition coefficient (Wildman–Crippen LogP) is 2.09. The molecule has 8 nitrogen and oxygen atoms in total. The van der Waals surface area contributed by atoms with E-state index < -0.39 is 5.92 Å². The van der Waals surface area contributed by atoms with Crippen molar-refractivity contribution < 1.29 is 9.59 Å². The molecule has 2 N–H and O–H groups in total. The van der Waals surface area contributed by atoms with Crippen LogP contribution in [0.3, 0.4) is 0 Å². The first kappa shape index (κ1) is 17.3. The molecule has 1 unspecified atom stereocenters. The smallest absolute Gasteiger partial charge is 0.232 e. The molecule has 1 atom stereocenters. The number of carbonyl (C=O) groups is 2. The van der Waals surface area contributed by atoms with E-state index in [9.17, 15) is 9.59 Å². The maximum Gasteiger partial charge on any atom is 0.232 e. The number of nitrogens with zero attached hydrogens (tertiary/aromatic N) is 4. The van der Waals surface area contributed by atoms with Gasteiger partial charge in [0, 0.05) is 25.2 Å². The lowest BCUT2D eigenvalue weighted by molar-refractivity contribution is -0.128. The second kappa shape index (κ2) is 6.86. The first-order valence-electron chi connectivity index (χ1n) is 9.06. The fraction of sp³-hybridized carbons (Fsp3) is 0.368. The minimum absolute atomic E-state index is 0.128. The molecular formula is C19H22N6O2. The summed E-state index contributed by atoms with van der Waals surface area (Å²) in [5.41, 5.74) is 2.59. The fourth-order valence-corrected chi connectivity index (χ4v) is 3.27. The van der Waals surface area contributed by atoms with Crippen LogP contribution in [0.25, 0.3) is 11.0 Å². The molecule has 0 radical (unpaired) electrons. The molecule has 3 heterocycles. The van der Waals surface area contributed by atoms with Crippen LogP contribution < -0.4 is 10.6 Å². The maximum atomic E-state index is 12.4. The van der Waals surface area contributed by atoms with Crippen LogP contribution in [-0.2, 0) is 22.7 Å². The minimum Gasteiger partial charge on any atom is -0.350 e. The third-order valence-electron chi connectivity index (χ3n) is 4.81. The largest absolute Gasteiger partial charge is 0.350 e. The highest BCUT2D eigenvalue weighted by Crippen LogP contribution is 2.26. The van der Waals surface area contributed by atoms with Gasteiger partial charge in [-0.25, -0.2) is 9.97 Å². The van der Waals surface area contributed by atoms with Gasteiger partial charge < -0.3 is 14.5 Å². The van der Waals surface area contributed by atoms with Gasteiger partial charge in [0.05, 0.1) is 35.5 Å². The Morgan fingerprint density at radius 3 is 2.96 bits per heavy atom. The van der Waals surface area contributed by atoms with Crippen LogP contribution in [-0.4, -0.2) is 30.9 Å². The number of nitrogens with one attached hydrogen (secondary N) is 2. The highest BCUT2D eigenvalue weighted by Gasteiger charge is 2.30. The Hall–Kier alpha value is -3.16. The summed E-state index contributed by atoms with van der Waals surface area (Å²) in [7, 11) is 0. The number of imidazole rings is 2. The summed E-state index contributed by atoms with van der Waals surface area (Å²) in [5, 5.41) is 5.67. The molecule has 3 aromatic rings. The Bertz CT molecular complexity index is 1000. The monoisotopic (exact) mass is 366 g/mol. The summed E-state index contributed by atoms with van der Waals surface area (Å²) in [6.07, 6.45) is 3.80. The van der Waals surface area contributed by atoms with Crippen LogP contribution in [0.15, 0.2) is 36.8 Å².